The average molecular weight is 312 g/mol. The minimum atomic E-state index is -0.00985. The summed E-state index contributed by atoms with van der Waals surface area (Å²) in [7, 11) is 0. The summed E-state index contributed by atoms with van der Waals surface area (Å²) in [6.07, 6.45) is 1.91. The highest BCUT2D eigenvalue weighted by molar-refractivity contribution is 5.81. The van der Waals surface area contributed by atoms with E-state index in [1.54, 1.807) is 0 Å². The van der Waals surface area contributed by atoms with Gasteiger partial charge in [-0.15, -0.1) is 0 Å². The molecule has 2 aromatic carbocycles. The van der Waals surface area contributed by atoms with Crippen LogP contribution < -0.4 is 15.4 Å². The largest absolute Gasteiger partial charge is 0.492 e. The average Bonchev–Trinajstić information content (AvgIpc) is 2.59. The van der Waals surface area contributed by atoms with Crippen molar-refractivity contribution in [3.63, 3.8) is 0 Å². The first-order valence-electron chi connectivity index (χ1n) is 8.06. The second-order valence-electron chi connectivity index (χ2n) is 5.22. The summed E-state index contributed by atoms with van der Waals surface area (Å²) < 4.78 is 5.52. The van der Waals surface area contributed by atoms with Crippen LogP contribution in [-0.2, 0) is 11.2 Å². The third kappa shape index (κ3) is 6.02. The van der Waals surface area contributed by atoms with E-state index in [-0.39, 0.29) is 12.5 Å². The van der Waals surface area contributed by atoms with E-state index in [9.17, 15) is 4.79 Å². The molecule has 2 aromatic rings. The maximum Gasteiger partial charge on any atom is 0.239 e. The number of benzene rings is 2. The van der Waals surface area contributed by atoms with Crippen LogP contribution in [0.25, 0.3) is 0 Å². The smallest absolute Gasteiger partial charge is 0.239 e. The molecule has 23 heavy (non-hydrogen) atoms. The van der Waals surface area contributed by atoms with Crippen molar-refractivity contribution in [1.82, 2.24) is 5.32 Å². The molecule has 0 unspecified atom stereocenters. The molecule has 0 saturated carbocycles. The third-order valence-electron chi connectivity index (χ3n) is 3.43. The summed E-state index contributed by atoms with van der Waals surface area (Å²) in [6.45, 7) is 3.47. The Balaban J connectivity index is 1.67. The van der Waals surface area contributed by atoms with Crippen molar-refractivity contribution in [1.29, 1.82) is 0 Å². The first-order chi connectivity index (χ1) is 11.3. The summed E-state index contributed by atoms with van der Waals surface area (Å²) in [5, 5.41) is 6.05. The molecule has 0 spiro atoms. The molecule has 122 valence electrons. The van der Waals surface area contributed by atoms with E-state index < -0.39 is 0 Å². The monoisotopic (exact) mass is 312 g/mol. The van der Waals surface area contributed by atoms with Crippen LogP contribution in [0.4, 0.5) is 5.69 Å². The van der Waals surface area contributed by atoms with Gasteiger partial charge in [-0.1, -0.05) is 42.5 Å². The van der Waals surface area contributed by atoms with Gasteiger partial charge in [0, 0.05) is 6.54 Å². The lowest BCUT2D eigenvalue weighted by atomic mass is 10.1. The van der Waals surface area contributed by atoms with Gasteiger partial charge >= 0.3 is 0 Å². The van der Waals surface area contributed by atoms with Crippen LogP contribution in [0, 0.1) is 0 Å². The number of carbonyl (C=O) groups excluding carboxylic acids is 1. The first-order valence-corrected chi connectivity index (χ1v) is 8.06. The summed E-state index contributed by atoms with van der Waals surface area (Å²) in [5.41, 5.74) is 2.14. The van der Waals surface area contributed by atoms with Crippen molar-refractivity contribution < 1.29 is 9.53 Å². The molecule has 4 nitrogen and oxygen atoms in total. The van der Waals surface area contributed by atoms with Crippen molar-refractivity contribution in [2.45, 2.75) is 19.8 Å². The highest BCUT2D eigenvalue weighted by Crippen LogP contribution is 2.23. The van der Waals surface area contributed by atoms with Gasteiger partial charge in [0.1, 0.15) is 5.75 Å². The number of aryl methyl sites for hydroxylation is 1. The fourth-order valence-electron chi connectivity index (χ4n) is 2.30. The molecule has 4 heteroatoms. The molecule has 0 fully saturated rings. The van der Waals surface area contributed by atoms with Crippen molar-refractivity contribution in [2.24, 2.45) is 0 Å². The van der Waals surface area contributed by atoms with Crippen LogP contribution in [0.15, 0.2) is 54.6 Å². The molecule has 0 saturated heterocycles. The zero-order valence-corrected chi connectivity index (χ0v) is 13.5. The molecule has 0 bridgehead atoms. The number of rotatable bonds is 9. The molecule has 0 aliphatic carbocycles. The standard InChI is InChI=1S/C19H24N2O2/c1-2-23-18-13-7-6-12-17(18)21-15-19(22)20-14-8-11-16-9-4-3-5-10-16/h3-7,9-10,12-13,21H,2,8,11,14-15H2,1H3,(H,20,22). The second-order valence-corrected chi connectivity index (χ2v) is 5.22. The lowest BCUT2D eigenvalue weighted by Gasteiger charge is -2.12. The van der Waals surface area contributed by atoms with E-state index in [1.807, 2.05) is 49.4 Å². The zero-order valence-electron chi connectivity index (χ0n) is 13.5. The molecule has 2 N–H and O–H groups in total. The van der Waals surface area contributed by atoms with Gasteiger partial charge in [-0.25, -0.2) is 0 Å². The summed E-state index contributed by atoms with van der Waals surface area (Å²) in [5.74, 6) is 0.760. The van der Waals surface area contributed by atoms with Crippen LogP contribution in [-0.4, -0.2) is 25.6 Å². The van der Waals surface area contributed by atoms with E-state index in [0.717, 1.165) is 24.3 Å². The summed E-state index contributed by atoms with van der Waals surface area (Å²) in [6, 6.07) is 17.9. The Kier molecular flexibility index (Phi) is 6.98. The molecular weight excluding hydrogens is 288 g/mol. The van der Waals surface area contributed by atoms with Crippen molar-refractivity contribution >= 4 is 11.6 Å². The minimum Gasteiger partial charge on any atom is -0.492 e. The van der Waals surface area contributed by atoms with Gasteiger partial charge in [-0.05, 0) is 37.5 Å². The lowest BCUT2D eigenvalue weighted by molar-refractivity contribution is -0.119. The Bertz CT molecular complexity index is 599. The molecule has 0 heterocycles. The fourth-order valence-corrected chi connectivity index (χ4v) is 2.30. The Morgan fingerprint density at radius 3 is 2.57 bits per heavy atom. The number of para-hydroxylation sites is 2. The zero-order chi connectivity index (χ0) is 16.3. The van der Waals surface area contributed by atoms with Gasteiger partial charge in [-0.3, -0.25) is 4.79 Å². The van der Waals surface area contributed by atoms with Crippen LogP contribution in [0.1, 0.15) is 18.9 Å². The van der Waals surface area contributed by atoms with Crippen molar-refractivity contribution in [3.8, 4) is 5.75 Å². The molecule has 0 atom stereocenters. The second kappa shape index (κ2) is 9.51. The summed E-state index contributed by atoms with van der Waals surface area (Å²) >= 11 is 0. The van der Waals surface area contributed by atoms with Gasteiger partial charge in [0.15, 0.2) is 0 Å². The quantitative estimate of drug-likeness (QED) is 0.699. The topological polar surface area (TPSA) is 50.4 Å². The van der Waals surface area contributed by atoms with E-state index >= 15 is 0 Å². The molecule has 0 aliphatic heterocycles. The third-order valence-corrected chi connectivity index (χ3v) is 3.43. The van der Waals surface area contributed by atoms with Crippen LogP contribution in [0.3, 0.4) is 0 Å². The first kappa shape index (κ1) is 16.9. The number of anilines is 1. The maximum atomic E-state index is 11.9. The Morgan fingerprint density at radius 2 is 1.78 bits per heavy atom. The van der Waals surface area contributed by atoms with Crippen molar-refractivity contribution in [2.75, 3.05) is 25.0 Å². The number of carbonyl (C=O) groups is 1. The normalized spacial score (nSPS) is 10.1. The molecular formula is C19H24N2O2. The minimum absolute atomic E-state index is 0.00985. The maximum absolute atomic E-state index is 11.9. The number of hydrogen-bond donors (Lipinski definition) is 2. The Labute approximate surface area is 137 Å². The number of amides is 1. The lowest BCUT2D eigenvalue weighted by Crippen LogP contribution is -2.30. The van der Waals surface area contributed by atoms with E-state index in [0.29, 0.717) is 13.2 Å². The van der Waals surface area contributed by atoms with Gasteiger partial charge in [-0.2, -0.15) is 0 Å². The number of nitrogens with one attached hydrogen (secondary N) is 2. The Hall–Kier alpha value is -2.49. The van der Waals surface area contributed by atoms with E-state index in [4.69, 9.17) is 4.74 Å². The fraction of sp³-hybridized carbons (Fsp3) is 0.316. The molecule has 2 rings (SSSR count). The van der Waals surface area contributed by atoms with Crippen molar-refractivity contribution in [3.05, 3.63) is 60.2 Å². The van der Waals surface area contributed by atoms with Crippen LogP contribution in [0.5, 0.6) is 5.75 Å². The summed E-state index contributed by atoms with van der Waals surface area (Å²) in [4.78, 5) is 11.9. The van der Waals surface area contributed by atoms with Gasteiger partial charge < -0.3 is 15.4 Å². The van der Waals surface area contributed by atoms with Crippen LogP contribution >= 0.6 is 0 Å². The van der Waals surface area contributed by atoms with E-state index in [1.165, 1.54) is 5.56 Å². The van der Waals surface area contributed by atoms with Gasteiger partial charge in [0.05, 0.1) is 18.8 Å². The molecule has 1 amide bonds. The molecule has 0 aromatic heterocycles. The highest BCUT2D eigenvalue weighted by atomic mass is 16.5. The Morgan fingerprint density at radius 1 is 1.04 bits per heavy atom. The number of ether oxygens (including phenoxy) is 1. The highest BCUT2D eigenvalue weighted by Gasteiger charge is 2.05. The van der Waals surface area contributed by atoms with Crippen LogP contribution in [0.2, 0.25) is 0 Å². The molecule has 0 radical (unpaired) electrons. The number of hydrogen-bond acceptors (Lipinski definition) is 3. The predicted molar refractivity (Wildman–Crippen MR) is 93.9 cm³/mol. The van der Waals surface area contributed by atoms with Gasteiger partial charge in [0.25, 0.3) is 0 Å². The van der Waals surface area contributed by atoms with Gasteiger partial charge in [0.2, 0.25) is 5.91 Å². The SMILES string of the molecule is CCOc1ccccc1NCC(=O)NCCCc1ccccc1. The predicted octanol–water partition coefficient (Wildman–Crippen LogP) is 3.25. The van der Waals surface area contributed by atoms with E-state index in [2.05, 4.69) is 22.8 Å². The molecule has 0 aliphatic rings.